The molecular formula is C23H33N3O4. The smallest absolute Gasteiger partial charge is 0.193 e. The van der Waals surface area contributed by atoms with Crippen LogP contribution in [0.1, 0.15) is 17.5 Å². The number of guanidine groups is 1. The standard InChI is InChI=1S/C23H33N3O4/c1-24-23(26(2)16-19-9-12-21(28-4)15-22(19)29-5)25-13-6-14-30-17-18-7-10-20(27-3)11-8-18/h7-12,15H,6,13-14,16-17H2,1-5H3,(H,24,25). The first-order chi connectivity index (χ1) is 14.6. The fourth-order valence-corrected chi connectivity index (χ4v) is 2.98. The molecule has 0 saturated carbocycles. The van der Waals surface area contributed by atoms with E-state index in [-0.39, 0.29) is 0 Å². The molecule has 0 aliphatic rings. The second-order valence-electron chi connectivity index (χ2n) is 6.76. The van der Waals surface area contributed by atoms with Crippen LogP contribution in [0.25, 0.3) is 0 Å². The van der Waals surface area contributed by atoms with E-state index in [0.717, 1.165) is 47.3 Å². The van der Waals surface area contributed by atoms with Gasteiger partial charge in [0.05, 0.1) is 27.9 Å². The van der Waals surface area contributed by atoms with Crippen LogP contribution in [0.3, 0.4) is 0 Å². The van der Waals surface area contributed by atoms with Crippen LogP contribution in [0.2, 0.25) is 0 Å². The highest BCUT2D eigenvalue weighted by molar-refractivity contribution is 5.79. The average Bonchev–Trinajstić information content (AvgIpc) is 2.79. The van der Waals surface area contributed by atoms with Gasteiger partial charge in [0.25, 0.3) is 0 Å². The Morgan fingerprint density at radius 3 is 2.30 bits per heavy atom. The minimum absolute atomic E-state index is 0.593. The maximum Gasteiger partial charge on any atom is 0.193 e. The summed E-state index contributed by atoms with van der Waals surface area (Å²) in [7, 11) is 8.76. The van der Waals surface area contributed by atoms with Crippen LogP contribution >= 0.6 is 0 Å². The van der Waals surface area contributed by atoms with Crippen molar-refractivity contribution in [2.24, 2.45) is 4.99 Å². The molecule has 0 bridgehead atoms. The molecule has 7 nitrogen and oxygen atoms in total. The third-order valence-corrected chi connectivity index (χ3v) is 4.65. The number of benzene rings is 2. The Morgan fingerprint density at radius 1 is 0.967 bits per heavy atom. The van der Waals surface area contributed by atoms with Crippen LogP contribution in [0.5, 0.6) is 17.2 Å². The normalized spacial score (nSPS) is 11.2. The highest BCUT2D eigenvalue weighted by Crippen LogP contribution is 2.25. The maximum atomic E-state index is 5.75. The van der Waals surface area contributed by atoms with E-state index < -0.39 is 0 Å². The first-order valence-corrected chi connectivity index (χ1v) is 9.94. The fraction of sp³-hybridized carbons (Fsp3) is 0.435. The monoisotopic (exact) mass is 415 g/mol. The number of ether oxygens (including phenoxy) is 4. The molecule has 0 unspecified atom stereocenters. The van der Waals surface area contributed by atoms with Crippen LogP contribution in [-0.4, -0.2) is 59.4 Å². The van der Waals surface area contributed by atoms with E-state index in [9.17, 15) is 0 Å². The van der Waals surface area contributed by atoms with E-state index in [4.69, 9.17) is 18.9 Å². The van der Waals surface area contributed by atoms with Crippen LogP contribution in [-0.2, 0) is 17.9 Å². The number of nitrogens with zero attached hydrogens (tertiary/aromatic N) is 2. The molecule has 1 N–H and O–H groups in total. The molecule has 0 radical (unpaired) electrons. The summed E-state index contributed by atoms with van der Waals surface area (Å²) in [5, 5.41) is 3.38. The minimum Gasteiger partial charge on any atom is -0.497 e. The van der Waals surface area contributed by atoms with Gasteiger partial charge in [-0.2, -0.15) is 0 Å². The summed E-state index contributed by atoms with van der Waals surface area (Å²) >= 11 is 0. The van der Waals surface area contributed by atoms with Gasteiger partial charge >= 0.3 is 0 Å². The number of rotatable bonds is 11. The van der Waals surface area contributed by atoms with E-state index in [1.807, 2.05) is 49.5 Å². The quantitative estimate of drug-likeness (QED) is 0.345. The summed E-state index contributed by atoms with van der Waals surface area (Å²) in [6.07, 6.45) is 0.884. The van der Waals surface area contributed by atoms with Crippen molar-refractivity contribution in [1.29, 1.82) is 0 Å². The van der Waals surface area contributed by atoms with Crippen molar-refractivity contribution < 1.29 is 18.9 Å². The summed E-state index contributed by atoms with van der Waals surface area (Å²) in [5.74, 6) is 3.24. The molecule has 2 aromatic carbocycles. The highest BCUT2D eigenvalue weighted by Gasteiger charge is 2.11. The minimum atomic E-state index is 0.593. The van der Waals surface area contributed by atoms with E-state index in [2.05, 4.69) is 15.2 Å². The van der Waals surface area contributed by atoms with Gasteiger partial charge < -0.3 is 29.2 Å². The molecule has 0 saturated heterocycles. The van der Waals surface area contributed by atoms with Crippen molar-refractivity contribution in [1.82, 2.24) is 10.2 Å². The summed E-state index contributed by atoms with van der Waals surface area (Å²) < 4.78 is 21.7. The predicted molar refractivity (Wildman–Crippen MR) is 120 cm³/mol. The summed E-state index contributed by atoms with van der Waals surface area (Å²) in [5.41, 5.74) is 2.19. The Kier molecular flexibility index (Phi) is 9.80. The van der Waals surface area contributed by atoms with Gasteiger partial charge in [-0.05, 0) is 36.2 Å². The molecule has 0 fully saturated rings. The molecule has 0 atom stereocenters. The van der Waals surface area contributed by atoms with E-state index >= 15 is 0 Å². The van der Waals surface area contributed by atoms with Gasteiger partial charge in [0.2, 0.25) is 0 Å². The lowest BCUT2D eigenvalue weighted by atomic mass is 10.2. The Bertz CT molecular complexity index is 794. The van der Waals surface area contributed by atoms with Gasteiger partial charge in [0.15, 0.2) is 5.96 Å². The molecular weight excluding hydrogens is 382 g/mol. The SMILES string of the molecule is CN=C(NCCCOCc1ccc(OC)cc1)N(C)Cc1ccc(OC)cc1OC. The van der Waals surface area contributed by atoms with E-state index in [1.54, 1.807) is 28.4 Å². The second-order valence-corrected chi connectivity index (χ2v) is 6.76. The molecule has 0 aliphatic carbocycles. The zero-order valence-electron chi connectivity index (χ0n) is 18.6. The first-order valence-electron chi connectivity index (χ1n) is 9.94. The Labute approximate surface area is 179 Å². The Balaban J connectivity index is 1.73. The van der Waals surface area contributed by atoms with Crippen LogP contribution in [0, 0.1) is 0 Å². The van der Waals surface area contributed by atoms with Gasteiger partial charge in [0, 0.05) is 45.4 Å². The van der Waals surface area contributed by atoms with Crippen molar-refractivity contribution in [2.75, 3.05) is 48.6 Å². The van der Waals surface area contributed by atoms with Crippen molar-refractivity contribution in [3.8, 4) is 17.2 Å². The van der Waals surface area contributed by atoms with Gasteiger partial charge in [-0.3, -0.25) is 4.99 Å². The molecule has 0 aromatic heterocycles. The summed E-state index contributed by atoms with van der Waals surface area (Å²) in [6.45, 7) is 2.71. The molecule has 0 spiro atoms. The van der Waals surface area contributed by atoms with Gasteiger partial charge in [-0.1, -0.05) is 12.1 Å². The second kappa shape index (κ2) is 12.6. The van der Waals surface area contributed by atoms with Gasteiger partial charge in [0.1, 0.15) is 17.2 Å². The first kappa shape index (κ1) is 23.3. The lowest BCUT2D eigenvalue weighted by molar-refractivity contribution is 0.119. The molecule has 7 heteroatoms. The molecule has 2 rings (SSSR count). The third-order valence-electron chi connectivity index (χ3n) is 4.65. The lowest BCUT2D eigenvalue weighted by Crippen LogP contribution is -2.39. The number of hydrogen-bond acceptors (Lipinski definition) is 5. The van der Waals surface area contributed by atoms with Crippen molar-refractivity contribution in [3.05, 3.63) is 53.6 Å². The molecule has 30 heavy (non-hydrogen) atoms. The van der Waals surface area contributed by atoms with Crippen LogP contribution in [0.4, 0.5) is 0 Å². The van der Waals surface area contributed by atoms with Gasteiger partial charge in [-0.15, -0.1) is 0 Å². The topological polar surface area (TPSA) is 64.6 Å². The van der Waals surface area contributed by atoms with Crippen molar-refractivity contribution in [3.63, 3.8) is 0 Å². The van der Waals surface area contributed by atoms with E-state index in [1.165, 1.54) is 0 Å². The van der Waals surface area contributed by atoms with Crippen molar-refractivity contribution in [2.45, 2.75) is 19.6 Å². The molecule has 0 amide bonds. The summed E-state index contributed by atoms with van der Waals surface area (Å²) in [6, 6.07) is 13.7. The number of aliphatic imine (C=N–C) groups is 1. The lowest BCUT2D eigenvalue weighted by Gasteiger charge is -2.23. The van der Waals surface area contributed by atoms with E-state index in [0.29, 0.717) is 19.8 Å². The van der Waals surface area contributed by atoms with Crippen molar-refractivity contribution >= 4 is 5.96 Å². The Hall–Kier alpha value is -2.93. The Morgan fingerprint density at radius 2 is 1.67 bits per heavy atom. The number of hydrogen-bond donors (Lipinski definition) is 1. The highest BCUT2D eigenvalue weighted by atomic mass is 16.5. The van der Waals surface area contributed by atoms with Crippen LogP contribution in [0.15, 0.2) is 47.5 Å². The molecule has 2 aromatic rings. The molecule has 164 valence electrons. The van der Waals surface area contributed by atoms with Gasteiger partial charge in [-0.25, -0.2) is 0 Å². The fourth-order valence-electron chi connectivity index (χ4n) is 2.98. The zero-order chi connectivity index (χ0) is 21.8. The third kappa shape index (κ3) is 7.15. The van der Waals surface area contributed by atoms with Crippen LogP contribution < -0.4 is 19.5 Å². The number of methoxy groups -OCH3 is 3. The summed E-state index contributed by atoms with van der Waals surface area (Å²) in [4.78, 5) is 6.43. The largest absolute Gasteiger partial charge is 0.497 e. The zero-order valence-corrected chi connectivity index (χ0v) is 18.6. The predicted octanol–water partition coefficient (Wildman–Crippen LogP) is 3.33. The molecule has 0 aliphatic heterocycles. The average molecular weight is 416 g/mol. The maximum absolute atomic E-state index is 5.75. The number of nitrogens with one attached hydrogen (secondary N) is 1. The molecule has 0 heterocycles.